The van der Waals surface area contributed by atoms with Crippen LogP contribution >= 0.6 is 0 Å². The molecule has 1 amide bonds. The Labute approximate surface area is 142 Å². The number of alkyl halides is 2. The Morgan fingerprint density at radius 3 is 2.16 bits per heavy atom. The summed E-state index contributed by atoms with van der Waals surface area (Å²) in [6.07, 6.45) is 4.27. The van der Waals surface area contributed by atoms with Crippen molar-refractivity contribution < 1.29 is 31.9 Å². The normalized spacial score (nSPS) is 27.6. The van der Waals surface area contributed by atoms with Crippen molar-refractivity contribution in [1.82, 2.24) is 0 Å². The van der Waals surface area contributed by atoms with Crippen molar-refractivity contribution in [2.75, 3.05) is 5.32 Å². The number of fused-ring (bicyclic) bond motifs is 2. The summed E-state index contributed by atoms with van der Waals surface area (Å²) in [6.45, 7) is 0. The van der Waals surface area contributed by atoms with E-state index < -0.39 is 44.2 Å². The third-order valence-corrected chi connectivity index (χ3v) is 6.13. The Hall–Kier alpha value is -2.29. The van der Waals surface area contributed by atoms with Crippen molar-refractivity contribution in [2.24, 2.45) is 23.7 Å². The number of aliphatic carboxylic acids is 1. The topological polar surface area (TPSA) is 101 Å². The van der Waals surface area contributed by atoms with Crippen LogP contribution in [0.3, 0.4) is 0 Å². The van der Waals surface area contributed by atoms with Crippen molar-refractivity contribution in [3.63, 3.8) is 0 Å². The third-order valence-electron chi connectivity index (χ3n) is 4.73. The molecule has 1 fully saturated rings. The molecule has 0 unspecified atom stereocenters. The van der Waals surface area contributed by atoms with E-state index in [4.69, 9.17) is 0 Å². The summed E-state index contributed by atoms with van der Waals surface area (Å²) < 4.78 is 47.7. The van der Waals surface area contributed by atoms with Gasteiger partial charge in [-0.05, 0) is 42.5 Å². The smallest absolute Gasteiger partial charge is 0.341 e. The molecule has 2 bridgehead atoms. The molecule has 2 aliphatic rings. The number of sulfone groups is 1. The van der Waals surface area contributed by atoms with Crippen LogP contribution in [0.15, 0.2) is 41.3 Å². The molecule has 0 spiro atoms. The lowest BCUT2D eigenvalue weighted by Gasteiger charge is -2.23. The van der Waals surface area contributed by atoms with Crippen LogP contribution in [0.1, 0.15) is 6.42 Å². The summed E-state index contributed by atoms with van der Waals surface area (Å²) in [6, 6.07) is 4.36. The summed E-state index contributed by atoms with van der Waals surface area (Å²) in [5, 5.41) is 11.9. The Morgan fingerprint density at radius 2 is 1.64 bits per heavy atom. The minimum atomic E-state index is -4.70. The minimum absolute atomic E-state index is 0.149. The molecule has 2 aliphatic carbocycles. The SMILES string of the molecule is O=C(O)[C@@H]1[C@@H](C(=O)Nc2ccc(S(=O)(=O)C(F)F)cc2)[C@H]2C=C[C@H]1C2. The molecule has 0 saturated heterocycles. The molecule has 6 nitrogen and oxygen atoms in total. The second-order valence-corrected chi connectivity index (χ2v) is 8.08. The van der Waals surface area contributed by atoms with Crippen molar-refractivity contribution in [3.8, 4) is 0 Å². The van der Waals surface area contributed by atoms with Crippen LogP contribution in [0.4, 0.5) is 14.5 Å². The first-order chi connectivity index (χ1) is 11.7. The van der Waals surface area contributed by atoms with Crippen molar-refractivity contribution in [2.45, 2.75) is 17.1 Å². The van der Waals surface area contributed by atoms with Gasteiger partial charge in [0, 0.05) is 5.69 Å². The van der Waals surface area contributed by atoms with Gasteiger partial charge in [0.2, 0.25) is 15.7 Å². The number of benzene rings is 1. The quantitative estimate of drug-likeness (QED) is 0.773. The fourth-order valence-electron chi connectivity index (χ4n) is 3.57. The van der Waals surface area contributed by atoms with E-state index in [-0.39, 0.29) is 17.5 Å². The zero-order valence-corrected chi connectivity index (χ0v) is 13.6. The predicted octanol–water partition coefficient (Wildman–Crippen LogP) is 2.14. The van der Waals surface area contributed by atoms with Gasteiger partial charge in [-0.15, -0.1) is 0 Å². The maximum Gasteiger partial charge on any atom is 0.341 e. The van der Waals surface area contributed by atoms with E-state index in [1.807, 2.05) is 12.2 Å². The molecule has 134 valence electrons. The van der Waals surface area contributed by atoms with Gasteiger partial charge < -0.3 is 10.4 Å². The monoisotopic (exact) mass is 371 g/mol. The standard InChI is InChI=1S/C16H15F2NO5S/c17-16(18)25(23,24)11-5-3-10(4-6-11)19-14(20)12-8-1-2-9(7-8)13(12)15(21)22/h1-6,8-9,12-13,16H,7H2,(H,19,20)(H,21,22)/t8-,9-,12-,13-/m0/s1. The van der Waals surface area contributed by atoms with E-state index >= 15 is 0 Å². The highest BCUT2D eigenvalue weighted by Gasteiger charge is 2.51. The third kappa shape index (κ3) is 3.04. The molecule has 3 rings (SSSR count). The number of rotatable bonds is 5. The summed E-state index contributed by atoms with van der Waals surface area (Å²) in [5.74, 6) is -6.86. The van der Waals surface area contributed by atoms with Crippen LogP contribution in [0.25, 0.3) is 0 Å². The second kappa shape index (κ2) is 6.21. The molecule has 4 atom stereocenters. The van der Waals surface area contributed by atoms with Crippen LogP contribution in [0.5, 0.6) is 0 Å². The van der Waals surface area contributed by atoms with E-state index in [1.165, 1.54) is 12.1 Å². The second-order valence-electron chi connectivity index (χ2n) is 6.16. The lowest BCUT2D eigenvalue weighted by atomic mass is 9.82. The zero-order chi connectivity index (χ0) is 18.4. The Bertz CT molecular complexity index is 835. The number of halogens is 2. The van der Waals surface area contributed by atoms with Crippen molar-refractivity contribution in [1.29, 1.82) is 0 Å². The van der Waals surface area contributed by atoms with Crippen LogP contribution in [-0.4, -0.2) is 31.2 Å². The van der Waals surface area contributed by atoms with Gasteiger partial charge >= 0.3 is 11.7 Å². The van der Waals surface area contributed by atoms with E-state index in [2.05, 4.69) is 5.32 Å². The first kappa shape index (κ1) is 17.5. The summed E-state index contributed by atoms with van der Waals surface area (Å²) in [5.41, 5.74) is 0.217. The maximum atomic E-state index is 12.5. The summed E-state index contributed by atoms with van der Waals surface area (Å²) in [7, 11) is -4.70. The highest BCUT2D eigenvalue weighted by Crippen LogP contribution is 2.48. The summed E-state index contributed by atoms with van der Waals surface area (Å²) >= 11 is 0. The molecule has 1 saturated carbocycles. The Balaban J connectivity index is 1.76. The number of hydrogen-bond acceptors (Lipinski definition) is 4. The number of carboxylic acid groups (broad SMARTS) is 1. The van der Waals surface area contributed by atoms with Crippen LogP contribution < -0.4 is 5.32 Å². The van der Waals surface area contributed by atoms with Gasteiger partial charge in [-0.3, -0.25) is 9.59 Å². The van der Waals surface area contributed by atoms with E-state index in [1.54, 1.807) is 0 Å². The van der Waals surface area contributed by atoms with Gasteiger partial charge in [-0.1, -0.05) is 12.2 Å². The highest BCUT2D eigenvalue weighted by atomic mass is 32.2. The Kier molecular flexibility index (Phi) is 4.36. The van der Waals surface area contributed by atoms with Gasteiger partial charge in [-0.25, -0.2) is 8.42 Å². The van der Waals surface area contributed by atoms with Crippen molar-refractivity contribution in [3.05, 3.63) is 36.4 Å². The number of carbonyl (C=O) groups excluding carboxylic acids is 1. The number of nitrogens with one attached hydrogen (secondary N) is 1. The largest absolute Gasteiger partial charge is 0.481 e. The maximum absolute atomic E-state index is 12.5. The lowest BCUT2D eigenvalue weighted by Crippen LogP contribution is -2.36. The molecule has 1 aromatic rings. The predicted molar refractivity (Wildman–Crippen MR) is 83.6 cm³/mol. The molecular formula is C16H15F2NO5S. The van der Waals surface area contributed by atoms with E-state index in [0.29, 0.717) is 6.42 Å². The average molecular weight is 371 g/mol. The molecule has 0 aliphatic heterocycles. The lowest BCUT2D eigenvalue weighted by molar-refractivity contribution is -0.146. The number of anilines is 1. The molecule has 9 heteroatoms. The van der Waals surface area contributed by atoms with Crippen LogP contribution in [0.2, 0.25) is 0 Å². The number of hydrogen-bond donors (Lipinski definition) is 2. The average Bonchev–Trinajstić information content (AvgIpc) is 3.16. The first-order valence-electron chi connectivity index (χ1n) is 7.56. The molecule has 0 aromatic heterocycles. The number of amides is 1. The minimum Gasteiger partial charge on any atom is -0.481 e. The van der Waals surface area contributed by atoms with E-state index in [9.17, 15) is 31.9 Å². The summed E-state index contributed by atoms with van der Waals surface area (Å²) in [4.78, 5) is 23.3. The fourth-order valence-corrected chi connectivity index (χ4v) is 4.29. The fraction of sp³-hybridized carbons (Fsp3) is 0.375. The van der Waals surface area contributed by atoms with Crippen LogP contribution in [0, 0.1) is 23.7 Å². The number of allylic oxidation sites excluding steroid dienone is 2. The van der Waals surface area contributed by atoms with Crippen molar-refractivity contribution >= 4 is 27.4 Å². The molecule has 0 radical (unpaired) electrons. The molecule has 1 aromatic carbocycles. The van der Waals surface area contributed by atoms with Gasteiger partial charge in [0.1, 0.15) is 0 Å². The molecule has 0 heterocycles. The van der Waals surface area contributed by atoms with Crippen LogP contribution in [-0.2, 0) is 19.4 Å². The molecule has 25 heavy (non-hydrogen) atoms. The van der Waals surface area contributed by atoms with Gasteiger partial charge in [0.05, 0.1) is 16.7 Å². The Morgan fingerprint density at radius 1 is 1.08 bits per heavy atom. The van der Waals surface area contributed by atoms with Gasteiger partial charge in [-0.2, -0.15) is 8.78 Å². The molecule has 2 N–H and O–H groups in total. The first-order valence-corrected chi connectivity index (χ1v) is 9.10. The number of carbonyl (C=O) groups is 2. The van der Waals surface area contributed by atoms with Gasteiger partial charge in [0.15, 0.2) is 0 Å². The highest BCUT2D eigenvalue weighted by molar-refractivity contribution is 7.91. The number of carboxylic acids is 1. The van der Waals surface area contributed by atoms with E-state index in [0.717, 1.165) is 12.1 Å². The van der Waals surface area contributed by atoms with Gasteiger partial charge in [0.25, 0.3) is 0 Å². The molecular weight excluding hydrogens is 356 g/mol. The zero-order valence-electron chi connectivity index (χ0n) is 12.8.